The van der Waals surface area contributed by atoms with Crippen LogP contribution in [0.3, 0.4) is 0 Å². The molecule has 3 aromatic carbocycles. The molecule has 1 aliphatic rings. The number of benzene rings is 3. The van der Waals surface area contributed by atoms with Gasteiger partial charge in [-0.2, -0.15) is 0 Å². The maximum absolute atomic E-state index is 13.6. The maximum atomic E-state index is 13.6. The number of fused-ring (bicyclic) bond motifs is 3. The van der Waals surface area contributed by atoms with Gasteiger partial charge in [-0.3, -0.25) is 4.79 Å². The molecule has 0 unspecified atom stereocenters. The van der Waals surface area contributed by atoms with Crippen molar-refractivity contribution in [3.63, 3.8) is 0 Å². The summed E-state index contributed by atoms with van der Waals surface area (Å²) < 4.78 is 26.8. The molecule has 34 heavy (non-hydrogen) atoms. The van der Waals surface area contributed by atoms with E-state index in [1.165, 1.54) is 6.07 Å². The first-order valence-electron chi connectivity index (χ1n) is 11.0. The van der Waals surface area contributed by atoms with E-state index in [9.17, 15) is 13.6 Å². The van der Waals surface area contributed by atoms with Gasteiger partial charge in [0.05, 0.1) is 23.5 Å². The monoisotopic (exact) mass is 456 g/mol. The van der Waals surface area contributed by atoms with Crippen LogP contribution in [0, 0.1) is 11.6 Å². The number of nitrogens with zero attached hydrogens (tertiary/aromatic N) is 2. The van der Waals surface area contributed by atoms with E-state index in [-0.39, 0.29) is 12.3 Å². The first-order chi connectivity index (χ1) is 16.5. The zero-order valence-corrected chi connectivity index (χ0v) is 18.3. The molecule has 1 aromatic heterocycles. The van der Waals surface area contributed by atoms with Crippen molar-refractivity contribution >= 4 is 17.4 Å². The minimum absolute atomic E-state index is 0.108. The molecular weight excluding hydrogens is 434 g/mol. The highest BCUT2D eigenvalue weighted by molar-refractivity contribution is 5.92. The Morgan fingerprint density at radius 2 is 1.74 bits per heavy atom. The second kappa shape index (κ2) is 9.02. The van der Waals surface area contributed by atoms with Gasteiger partial charge in [0.2, 0.25) is 5.91 Å². The fourth-order valence-electron chi connectivity index (χ4n) is 4.22. The summed E-state index contributed by atoms with van der Waals surface area (Å²) in [4.78, 5) is 22.5. The van der Waals surface area contributed by atoms with Crippen molar-refractivity contribution in [2.45, 2.75) is 25.7 Å². The summed E-state index contributed by atoms with van der Waals surface area (Å²) >= 11 is 0. The Hall–Kier alpha value is -4.13. The van der Waals surface area contributed by atoms with Crippen LogP contribution >= 0.6 is 0 Å². The second-order valence-corrected chi connectivity index (χ2v) is 8.37. The van der Waals surface area contributed by atoms with Gasteiger partial charge in [-0.15, -0.1) is 0 Å². The summed E-state index contributed by atoms with van der Waals surface area (Å²) in [6.45, 7) is 0. The number of carbonyl (C=O) groups is 1. The molecule has 0 saturated heterocycles. The lowest BCUT2D eigenvalue weighted by molar-refractivity contribution is -0.115. The third kappa shape index (κ3) is 4.50. The van der Waals surface area contributed by atoms with Crippen LogP contribution in [-0.4, -0.2) is 15.9 Å². The molecule has 0 radical (unpaired) electrons. The van der Waals surface area contributed by atoms with Crippen molar-refractivity contribution in [2.24, 2.45) is 0 Å². The number of amides is 1. The fourth-order valence-corrected chi connectivity index (χ4v) is 4.22. The van der Waals surface area contributed by atoms with E-state index in [4.69, 9.17) is 15.7 Å². The minimum Gasteiger partial charge on any atom is -0.399 e. The van der Waals surface area contributed by atoms with Crippen molar-refractivity contribution in [3.05, 3.63) is 106 Å². The number of carbonyl (C=O) groups excluding carboxylic acids is 1. The Morgan fingerprint density at radius 1 is 0.912 bits per heavy atom. The molecule has 4 aromatic rings. The highest BCUT2D eigenvalue weighted by Gasteiger charge is 2.23. The Balaban J connectivity index is 1.49. The first kappa shape index (κ1) is 21.7. The van der Waals surface area contributed by atoms with Crippen LogP contribution in [0.5, 0.6) is 0 Å². The summed E-state index contributed by atoms with van der Waals surface area (Å²) in [7, 11) is 0. The largest absolute Gasteiger partial charge is 0.399 e. The van der Waals surface area contributed by atoms with Gasteiger partial charge >= 0.3 is 0 Å². The van der Waals surface area contributed by atoms with Crippen LogP contribution in [-0.2, 0) is 30.5 Å². The van der Waals surface area contributed by atoms with Gasteiger partial charge in [0, 0.05) is 17.7 Å². The third-order valence-electron chi connectivity index (χ3n) is 5.88. The Bertz CT molecular complexity index is 1390. The van der Waals surface area contributed by atoms with Crippen LogP contribution < -0.4 is 11.1 Å². The number of aryl methyl sites for hydroxylation is 2. The van der Waals surface area contributed by atoms with Crippen molar-refractivity contribution in [1.82, 2.24) is 9.97 Å². The summed E-state index contributed by atoms with van der Waals surface area (Å²) in [5.41, 5.74) is 12.4. The maximum Gasteiger partial charge on any atom is 0.229 e. The Labute approximate surface area is 195 Å². The molecule has 0 atom stereocenters. The lowest BCUT2D eigenvalue weighted by Gasteiger charge is -2.21. The van der Waals surface area contributed by atoms with E-state index in [0.717, 1.165) is 46.6 Å². The predicted molar refractivity (Wildman–Crippen MR) is 127 cm³/mol. The summed E-state index contributed by atoms with van der Waals surface area (Å²) in [5.74, 6) is -1.92. The Kier molecular flexibility index (Phi) is 5.76. The molecule has 0 spiro atoms. The van der Waals surface area contributed by atoms with Crippen molar-refractivity contribution in [3.8, 4) is 11.3 Å². The number of rotatable bonds is 5. The summed E-state index contributed by atoms with van der Waals surface area (Å²) in [6, 6.07) is 19.0. The summed E-state index contributed by atoms with van der Waals surface area (Å²) in [6.07, 6.45) is 1.83. The average molecular weight is 456 g/mol. The number of nitrogen functional groups attached to an aromatic ring is 1. The molecule has 0 saturated carbocycles. The molecule has 7 heteroatoms. The average Bonchev–Trinajstić information content (AvgIpc) is 2.82. The second-order valence-electron chi connectivity index (χ2n) is 8.37. The number of nitrogens with two attached hydrogens (primary N) is 1. The molecule has 170 valence electrons. The van der Waals surface area contributed by atoms with Gasteiger partial charge < -0.3 is 11.1 Å². The molecule has 0 fully saturated rings. The zero-order valence-electron chi connectivity index (χ0n) is 18.3. The lowest BCUT2D eigenvalue weighted by Crippen LogP contribution is -2.20. The quantitative estimate of drug-likeness (QED) is 0.420. The highest BCUT2D eigenvalue weighted by atomic mass is 19.2. The normalized spacial score (nSPS) is 12.1. The first-order valence-corrected chi connectivity index (χ1v) is 11.0. The lowest BCUT2D eigenvalue weighted by atomic mass is 9.91. The number of halogens is 2. The van der Waals surface area contributed by atoms with E-state index >= 15 is 0 Å². The molecule has 1 aliphatic carbocycles. The molecule has 1 heterocycles. The SMILES string of the molecule is Nc1ccc2c(c1)CCc1nc(NC(=O)Cc3ccc(F)c(F)c3)c(Cc3ccccc3)nc1-2. The van der Waals surface area contributed by atoms with E-state index in [1.54, 1.807) is 0 Å². The van der Waals surface area contributed by atoms with Crippen molar-refractivity contribution < 1.29 is 13.6 Å². The van der Waals surface area contributed by atoms with Gasteiger partial charge in [0.25, 0.3) is 0 Å². The predicted octanol–water partition coefficient (Wildman–Crippen LogP) is 4.87. The number of hydrogen-bond acceptors (Lipinski definition) is 4. The van der Waals surface area contributed by atoms with Gasteiger partial charge in [-0.1, -0.05) is 42.5 Å². The molecular formula is C27H22F2N4O. The molecule has 0 bridgehead atoms. The Morgan fingerprint density at radius 3 is 2.53 bits per heavy atom. The minimum atomic E-state index is -0.983. The molecule has 5 nitrogen and oxygen atoms in total. The van der Waals surface area contributed by atoms with Crippen LogP contribution in [0.15, 0.2) is 66.7 Å². The van der Waals surface area contributed by atoms with Gasteiger partial charge in [-0.25, -0.2) is 18.7 Å². The van der Waals surface area contributed by atoms with Crippen LogP contribution in [0.1, 0.15) is 28.1 Å². The standard InChI is InChI=1S/C27H22F2N4O/c28-21-10-6-17(12-22(21)29)14-25(34)33-27-24(13-16-4-2-1-3-5-16)31-26-20-9-8-19(30)15-18(20)7-11-23(26)32-27/h1-6,8-10,12,15H,7,11,13-14,30H2,(H,32,33,34). The number of anilines is 2. The topological polar surface area (TPSA) is 80.9 Å². The molecule has 3 N–H and O–H groups in total. The highest BCUT2D eigenvalue weighted by Crippen LogP contribution is 2.34. The van der Waals surface area contributed by atoms with Gasteiger partial charge in [0.15, 0.2) is 17.5 Å². The number of hydrogen-bond donors (Lipinski definition) is 2. The van der Waals surface area contributed by atoms with Crippen LogP contribution in [0.2, 0.25) is 0 Å². The number of aromatic nitrogens is 2. The van der Waals surface area contributed by atoms with Crippen molar-refractivity contribution in [1.29, 1.82) is 0 Å². The van der Waals surface area contributed by atoms with Gasteiger partial charge in [-0.05, 0) is 53.8 Å². The van der Waals surface area contributed by atoms with E-state index in [0.29, 0.717) is 35.6 Å². The molecule has 1 amide bonds. The molecule has 5 rings (SSSR count). The van der Waals surface area contributed by atoms with Crippen LogP contribution in [0.4, 0.5) is 20.3 Å². The smallest absolute Gasteiger partial charge is 0.229 e. The zero-order chi connectivity index (χ0) is 23.7. The van der Waals surface area contributed by atoms with Crippen molar-refractivity contribution in [2.75, 3.05) is 11.1 Å². The van der Waals surface area contributed by atoms with E-state index in [1.807, 2.05) is 48.5 Å². The fraction of sp³-hybridized carbons (Fsp3) is 0.148. The van der Waals surface area contributed by atoms with Gasteiger partial charge in [0.1, 0.15) is 0 Å². The van der Waals surface area contributed by atoms with E-state index in [2.05, 4.69) is 5.32 Å². The third-order valence-corrected chi connectivity index (χ3v) is 5.88. The van der Waals surface area contributed by atoms with E-state index < -0.39 is 11.6 Å². The van der Waals surface area contributed by atoms with Crippen LogP contribution in [0.25, 0.3) is 11.3 Å². The number of nitrogens with one attached hydrogen (secondary N) is 1. The summed E-state index contributed by atoms with van der Waals surface area (Å²) in [5, 5.41) is 2.85. The molecule has 0 aliphatic heterocycles.